The minimum Gasteiger partial charge on any atom is -0.493 e. The van der Waals surface area contributed by atoms with Crippen molar-refractivity contribution in [2.45, 2.75) is 27.2 Å². The van der Waals surface area contributed by atoms with Gasteiger partial charge in [0.05, 0.1) is 6.61 Å². The van der Waals surface area contributed by atoms with Crippen LogP contribution in [0.2, 0.25) is 0 Å². The van der Waals surface area contributed by atoms with Gasteiger partial charge in [-0.15, -0.1) is 0 Å². The van der Waals surface area contributed by atoms with Gasteiger partial charge in [0.1, 0.15) is 11.5 Å². The fourth-order valence-electron chi connectivity index (χ4n) is 2.05. The molecular weight excluding hydrogens is 288 g/mol. The number of hydrogen-bond donors (Lipinski definition) is 0. The lowest BCUT2D eigenvalue weighted by molar-refractivity contribution is -0.128. The summed E-state index contributed by atoms with van der Waals surface area (Å²) in [6.45, 7) is 6.72. The summed E-state index contributed by atoms with van der Waals surface area (Å²) in [6.07, 6.45) is 4.07. The molecule has 0 aliphatic heterocycles. The van der Waals surface area contributed by atoms with Gasteiger partial charge >= 0.3 is 5.97 Å². The first-order valence-corrected chi connectivity index (χ1v) is 7.79. The fourth-order valence-corrected chi connectivity index (χ4v) is 2.05. The van der Waals surface area contributed by atoms with E-state index in [0.717, 1.165) is 23.3 Å². The monoisotopic (exact) mass is 310 g/mol. The minimum atomic E-state index is -0.404. The number of rotatable bonds is 6. The number of para-hydroxylation sites is 1. The minimum absolute atomic E-state index is 0.404. The Morgan fingerprint density at radius 3 is 2.61 bits per heavy atom. The summed E-state index contributed by atoms with van der Waals surface area (Å²) >= 11 is 0. The molecule has 3 heteroatoms. The standard InChI is InChI=1S/C20H22O3/c1-4-13-22-19-8-6-5-7-17(19)10-12-20(21)23-18-11-9-15(2)16(3)14-18/h5-12,14H,4,13H2,1-3H3/b12-10+. The number of aryl methyl sites for hydroxylation is 2. The Morgan fingerprint density at radius 1 is 1.09 bits per heavy atom. The number of carbonyl (C=O) groups excluding carboxylic acids is 1. The summed E-state index contributed by atoms with van der Waals surface area (Å²) in [4.78, 5) is 12.0. The normalized spacial score (nSPS) is 10.7. The smallest absolute Gasteiger partial charge is 0.336 e. The van der Waals surface area contributed by atoms with E-state index < -0.39 is 5.97 Å². The second kappa shape index (κ2) is 8.18. The molecule has 23 heavy (non-hydrogen) atoms. The molecule has 0 amide bonds. The largest absolute Gasteiger partial charge is 0.493 e. The molecule has 0 aromatic heterocycles. The van der Waals surface area contributed by atoms with Gasteiger partial charge in [-0.25, -0.2) is 4.79 Å². The van der Waals surface area contributed by atoms with Gasteiger partial charge in [0, 0.05) is 11.6 Å². The molecule has 0 unspecified atom stereocenters. The summed E-state index contributed by atoms with van der Waals surface area (Å²) in [5.41, 5.74) is 3.12. The highest BCUT2D eigenvalue weighted by Crippen LogP contribution is 2.20. The zero-order valence-electron chi connectivity index (χ0n) is 13.8. The van der Waals surface area contributed by atoms with Crippen LogP contribution in [0.25, 0.3) is 6.08 Å². The summed E-state index contributed by atoms with van der Waals surface area (Å²) in [6, 6.07) is 13.2. The van der Waals surface area contributed by atoms with Crippen molar-refractivity contribution < 1.29 is 14.3 Å². The van der Waals surface area contributed by atoms with Crippen LogP contribution in [-0.2, 0) is 4.79 Å². The SMILES string of the molecule is CCCOc1ccccc1/C=C/C(=O)Oc1ccc(C)c(C)c1. The van der Waals surface area contributed by atoms with Crippen molar-refractivity contribution in [3.05, 3.63) is 65.2 Å². The van der Waals surface area contributed by atoms with E-state index in [1.165, 1.54) is 11.6 Å². The Bertz CT molecular complexity index is 702. The lowest BCUT2D eigenvalue weighted by Gasteiger charge is -2.07. The van der Waals surface area contributed by atoms with Gasteiger partial charge in [-0.2, -0.15) is 0 Å². The van der Waals surface area contributed by atoms with E-state index in [1.807, 2.05) is 50.2 Å². The molecule has 0 N–H and O–H groups in total. The Labute approximate surface area is 137 Å². The maximum Gasteiger partial charge on any atom is 0.336 e. The van der Waals surface area contributed by atoms with Crippen molar-refractivity contribution in [3.8, 4) is 11.5 Å². The zero-order chi connectivity index (χ0) is 16.7. The number of carbonyl (C=O) groups is 1. The van der Waals surface area contributed by atoms with Crippen molar-refractivity contribution >= 4 is 12.0 Å². The van der Waals surface area contributed by atoms with Crippen LogP contribution in [0.4, 0.5) is 0 Å². The van der Waals surface area contributed by atoms with E-state index in [9.17, 15) is 4.79 Å². The van der Waals surface area contributed by atoms with Crippen molar-refractivity contribution in [2.75, 3.05) is 6.61 Å². The van der Waals surface area contributed by atoms with E-state index in [-0.39, 0.29) is 0 Å². The second-order valence-electron chi connectivity index (χ2n) is 5.39. The summed E-state index contributed by atoms with van der Waals surface area (Å²) < 4.78 is 11.0. The van der Waals surface area contributed by atoms with Gasteiger partial charge in [0.25, 0.3) is 0 Å². The van der Waals surface area contributed by atoms with Crippen molar-refractivity contribution in [3.63, 3.8) is 0 Å². The summed E-state index contributed by atoms with van der Waals surface area (Å²) in [5.74, 6) is 0.918. The lowest BCUT2D eigenvalue weighted by Crippen LogP contribution is -2.04. The van der Waals surface area contributed by atoms with Gasteiger partial charge in [0.15, 0.2) is 0 Å². The molecule has 0 fully saturated rings. The molecule has 0 atom stereocenters. The first-order valence-electron chi connectivity index (χ1n) is 7.79. The molecule has 0 saturated heterocycles. The van der Waals surface area contributed by atoms with E-state index in [1.54, 1.807) is 12.1 Å². The van der Waals surface area contributed by atoms with Gasteiger partial charge in [-0.1, -0.05) is 31.2 Å². The quantitative estimate of drug-likeness (QED) is 0.440. The lowest BCUT2D eigenvalue weighted by atomic mass is 10.1. The van der Waals surface area contributed by atoms with Crippen LogP contribution in [0.15, 0.2) is 48.5 Å². The molecule has 0 aliphatic carbocycles. The molecule has 120 valence electrons. The predicted molar refractivity (Wildman–Crippen MR) is 92.8 cm³/mol. The maximum atomic E-state index is 12.0. The van der Waals surface area contributed by atoms with Gasteiger partial charge in [0.2, 0.25) is 0 Å². The molecule has 0 radical (unpaired) electrons. The van der Waals surface area contributed by atoms with Crippen LogP contribution >= 0.6 is 0 Å². The predicted octanol–water partition coefficient (Wildman–Crippen LogP) is 4.71. The van der Waals surface area contributed by atoms with Crippen LogP contribution < -0.4 is 9.47 Å². The summed E-state index contributed by atoms with van der Waals surface area (Å²) in [7, 11) is 0. The van der Waals surface area contributed by atoms with Gasteiger partial charge in [-0.3, -0.25) is 0 Å². The molecule has 0 bridgehead atoms. The third-order valence-electron chi connectivity index (χ3n) is 3.48. The molecule has 0 saturated carbocycles. The molecule has 3 nitrogen and oxygen atoms in total. The molecular formula is C20H22O3. The molecule has 0 aliphatic rings. The van der Waals surface area contributed by atoms with E-state index in [0.29, 0.717) is 12.4 Å². The highest BCUT2D eigenvalue weighted by molar-refractivity contribution is 5.89. The van der Waals surface area contributed by atoms with Crippen LogP contribution in [0.5, 0.6) is 11.5 Å². The van der Waals surface area contributed by atoms with Crippen molar-refractivity contribution in [2.24, 2.45) is 0 Å². The highest BCUT2D eigenvalue weighted by Gasteiger charge is 2.04. The van der Waals surface area contributed by atoms with Crippen LogP contribution in [0, 0.1) is 13.8 Å². The van der Waals surface area contributed by atoms with E-state index in [2.05, 4.69) is 6.92 Å². The van der Waals surface area contributed by atoms with Crippen LogP contribution in [-0.4, -0.2) is 12.6 Å². The van der Waals surface area contributed by atoms with E-state index >= 15 is 0 Å². The third-order valence-corrected chi connectivity index (χ3v) is 3.48. The Morgan fingerprint density at radius 2 is 1.87 bits per heavy atom. The zero-order valence-corrected chi connectivity index (χ0v) is 13.8. The molecule has 2 aromatic rings. The van der Waals surface area contributed by atoms with E-state index in [4.69, 9.17) is 9.47 Å². The number of ether oxygens (including phenoxy) is 2. The van der Waals surface area contributed by atoms with Crippen LogP contribution in [0.3, 0.4) is 0 Å². The third kappa shape index (κ3) is 4.99. The highest BCUT2D eigenvalue weighted by atomic mass is 16.5. The molecule has 0 spiro atoms. The van der Waals surface area contributed by atoms with Crippen molar-refractivity contribution in [1.29, 1.82) is 0 Å². The van der Waals surface area contributed by atoms with Gasteiger partial charge < -0.3 is 9.47 Å². The number of esters is 1. The van der Waals surface area contributed by atoms with Crippen LogP contribution in [0.1, 0.15) is 30.0 Å². The Hall–Kier alpha value is -2.55. The fraction of sp³-hybridized carbons (Fsp3) is 0.250. The second-order valence-corrected chi connectivity index (χ2v) is 5.39. The first-order chi connectivity index (χ1) is 11.1. The topological polar surface area (TPSA) is 35.5 Å². The van der Waals surface area contributed by atoms with Crippen molar-refractivity contribution in [1.82, 2.24) is 0 Å². The number of hydrogen-bond acceptors (Lipinski definition) is 3. The average molecular weight is 310 g/mol. The first kappa shape index (κ1) is 16.8. The van der Waals surface area contributed by atoms with Gasteiger partial charge in [-0.05, 0) is 55.7 Å². The molecule has 0 heterocycles. The Balaban J connectivity index is 2.04. The Kier molecular flexibility index (Phi) is 5.98. The average Bonchev–Trinajstić information content (AvgIpc) is 2.55. The molecule has 2 rings (SSSR count). The maximum absolute atomic E-state index is 12.0. The summed E-state index contributed by atoms with van der Waals surface area (Å²) in [5, 5.41) is 0. The molecule has 2 aromatic carbocycles. The number of benzene rings is 2.